The molecule has 3 aliphatic rings. The van der Waals surface area contributed by atoms with Gasteiger partial charge in [-0.3, -0.25) is 14.4 Å². The number of nitrogens with one attached hydrogen (secondary N) is 2. The number of fused-ring (bicyclic) bond motifs is 1. The van der Waals surface area contributed by atoms with Crippen LogP contribution in [0.2, 0.25) is 0 Å². The number of aliphatic hydroxyl groups excluding tert-OH is 1. The number of halogens is 1. The van der Waals surface area contributed by atoms with Crippen LogP contribution in [0.1, 0.15) is 52.1 Å². The van der Waals surface area contributed by atoms with Crippen LogP contribution < -0.4 is 10.6 Å². The fourth-order valence-electron chi connectivity index (χ4n) is 5.84. The standard InChI is InChI=1S/C25H34BrN3O4S/c1-5-11-27-21(31)17-18-23(33)29(16(13-30)14-9-7-6-8-10-14)20(22(32)28-24(2,3)4)25(18)12-15(26)19(17)34-25/h6-10,15-20,30H,5,11-13H2,1-4H3,(H,27,31)(H,28,32)/t15?,16-,17-,18+,19-,20?,25?/m1/s1. The SMILES string of the molecule is CCCNC(=O)[C@H]1[C@@H]2SC3(CC2Br)C(C(=O)NC(C)(C)C)N([C@H](CO)c2ccccc2)C(=O)[C@H]13. The summed E-state index contributed by atoms with van der Waals surface area (Å²) in [5.41, 5.74) is 0.278. The Labute approximate surface area is 213 Å². The molecule has 9 heteroatoms. The van der Waals surface area contributed by atoms with E-state index >= 15 is 0 Å². The van der Waals surface area contributed by atoms with E-state index in [1.54, 1.807) is 16.7 Å². The van der Waals surface area contributed by atoms with Crippen molar-refractivity contribution in [2.45, 2.75) is 73.0 Å². The van der Waals surface area contributed by atoms with Crippen LogP contribution in [0.4, 0.5) is 0 Å². The van der Waals surface area contributed by atoms with E-state index in [1.807, 2.05) is 58.0 Å². The lowest BCUT2D eigenvalue weighted by Gasteiger charge is -2.39. The smallest absolute Gasteiger partial charge is 0.244 e. The van der Waals surface area contributed by atoms with Crippen LogP contribution >= 0.6 is 27.7 Å². The Morgan fingerprint density at radius 2 is 1.94 bits per heavy atom. The van der Waals surface area contributed by atoms with Crippen molar-refractivity contribution in [3.63, 3.8) is 0 Å². The Hall–Kier alpha value is -1.58. The molecule has 3 unspecified atom stereocenters. The van der Waals surface area contributed by atoms with Crippen LogP contribution in [-0.4, -0.2) is 67.3 Å². The molecule has 0 radical (unpaired) electrons. The van der Waals surface area contributed by atoms with E-state index in [0.29, 0.717) is 13.0 Å². The first-order valence-corrected chi connectivity index (χ1v) is 13.7. The highest BCUT2D eigenvalue weighted by atomic mass is 79.9. The molecule has 3 aliphatic heterocycles. The average molecular weight is 553 g/mol. The molecule has 0 aliphatic carbocycles. The minimum atomic E-state index is -0.791. The summed E-state index contributed by atoms with van der Waals surface area (Å²) in [6.45, 7) is 7.97. The van der Waals surface area contributed by atoms with Crippen LogP contribution in [0, 0.1) is 11.8 Å². The number of rotatable bonds is 7. The number of benzene rings is 1. The van der Waals surface area contributed by atoms with E-state index < -0.39 is 34.2 Å². The molecule has 0 saturated carbocycles. The zero-order chi connectivity index (χ0) is 24.8. The monoisotopic (exact) mass is 551 g/mol. The second kappa shape index (κ2) is 9.47. The zero-order valence-electron chi connectivity index (χ0n) is 20.1. The number of carbonyl (C=O) groups excluding carboxylic acids is 3. The van der Waals surface area contributed by atoms with Crippen molar-refractivity contribution in [3.05, 3.63) is 35.9 Å². The number of hydrogen-bond donors (Lipinski definition) is 3. The summed E-state index contributed by atoms with van der Waals surface area (Å²) in [6.07, 6.45) is 1.42. The summed E-state index contributed by atoms with van der Waals surface area (Å²) in [5, 5.41) is 16.4. The predicted octanol–water partition coefficient (Wildman–Crippen LogP) is 2.63. The topological polar surface area (TPSA) is 98.7 Å². The molecule has 7 nitrogen and oxygen atoms in total. The second-order valence-corrected chi connectivity index (χ2v) is 13.3. The summed E-state index contributed by atoms with van der Waals surface area (Å²) in [7, 11) is 0. The third-order valence-electron chi connectivity index (χ3n) is 7.02. The Bertz CT molecular complexity index is 955. The van der Waals surface area contributed by atoms with Crippen LogP contribution in [0.3, 0.4) is 0 Å². The van der Waals surface area contributed by atoms with E-state index in [0.717, 1.165) is 12.0 Å². The van der Waals surface area contributed by atoms with E-state index in [9.17, 15) is 19.5 Å². The van der Waals surface area contributed by atoms with Gasteiger partial charge < -0.3 is 20.6 Å². The third-order valence-corrected chi connectivity index (χ3v) is 10.2. The first-order chi connectivity index (χ1) is 16.1. The van der Waals surface area contributed by atoms with Crippen molar-refractivity contribution in [2.75, 3.05) is 13.2 Å². The Morgan fingerprint density at radius 1 is 1.26 bits per heavy atom. The fraction of sp³-hybridized carbons (Fsp3) is 0.640. The number of thioether (sulfide) groups is 1. The van der Waals surface area contributed by atoms with Gasteiger partial charge >= 0.3 is 0 Å². The minimum Gasteiger partial charge on any atom is -0.394 e. The largest absolute Gasteiger partial charge is 0.394 e. The molecule has 3 N–H and O–H groups in total. The van der Waals surface area contributed by atoms with Gasteiger partial charge in [-0.25, -0.2) is 0 Å². The van der Waals surface area contributed by atoms with Gasteiger partial charge in [0.25, 0.3) is 0 Å². The molecule has 186 valence electrons. The van der Waals surface area contributed by atoms with Crippen LogP contribution in [0.5, 0.6) is 0 Å². The van der Waals surface area contributed by atoms with Crippen LogP contribution in [0.25, 0.3) is 0 Å². The molecule has 3 heterocycles. The van der Waals surface area contributed by atoms with Gasteiger partial charge in [-0.1, -0.05) is 53.2 Å². The predicted molar refractivity (Wildman–Crippen MR) is 137 cm³/mol. The maximum Gasteiger partial charge on any atom is 0.244 e. The number of amides is 3. The highest BCUT2D eigenvalue weighted by Gasteiger charge is 2.76. The van der Waals surface area contributed by atoms with Crippen molar-refractivity contribution in [1.82, 2.24) is 15.5 Å². The lowest BCUT2D eigenvalue weighted by Crippen LogP contribution is -2.58. The molecule has 1 aromatic carbocycles. The summed E-state index contributed by atoms with van der Waals surface area (Å²) < 4.78 is -0.734. The normalized spacial score (nSPS) is 33.1. The van der Waals surface area contributed by atoms with Crippen molar-refractivity contribution in [2.24, 2.45) is 11.8 Å². The lowest BCUT2D eigenvalue weighted by atomic mass is 9.70. The Morgan fingerprint density at radius 3 is 2.53 bits per heavy atom. The van der Waals surface area contributed by atoms with Crippen LogP contribution in [0.15, 0.2) is 30.3 Å². The Balaban J connectivity index is 1.81. The van der Waals surface area contributed by atoms with Gasteiger partial charge in [0.05, 0.1) is 29.2 Å². The molecule has 3 saturated heterocycles. The maximum absolute atomic E-state index is 14.1. The van der Waals surface area contributed by atoms with Gasteiger partial charge in [0.15, 0.2) is 0 Å². The molecule has 1 spiro atoms. The van der Waals surface area contributed by atoms with Crippen LogP contribution in [-0.2, 0) is 14.4 Å². The Kier molecular flexibility index (Phi) is 7.10. The molecular weight excluding hydrogens is 518 g/mol. The van der Waals surface area contributed by atoms with Gasteiger partial charge in [-0.05, 0) is 39.2 Å². The number of likely N-dealkylation sites (tertiary alicyclic amines) is 1. The van der Waals surface area contributed by atoms with Gasteiger partial charge in [-0.15, -0.1) is 11.8 Å². The molecule has 3 amide bonds. The van der Waals surface area contributed by atoms with Crippen molar-refractivity contribution >= 4 is 45.4 Å². The molecule has 3 fully saturated rings. The second-order valence-electron chi connectivity index (χ2n) is 10.5. The molecule has 34 heavy (non-hydrogen) atoms. The summed E-state index contributed by atoms with van der Waals surface area (Å²) in [4.78, 5) is 42.9. The number of alkyl halides is 1. The first kappa shape index (κ1) is 25.5. The first-order valence-electron chi connectivity index (χ1n) is 12.0. The third kappa shape index (κ3) is 4.17. The fourth-order valence-corrected chi connectivity index (χ4v) is 9.44. The van der Waals surface area contributed by atoms with Crippen molar-refractivity contribution < 1.29 is 19.5 Å². The van der Waals surface area contributed by atoms with E-state index in [1.165, 1.54) is 0 Å². The summed E-state index contributed by atoms with van der Waals surface area (Å²) >= 11 is 5.38. The molecular formula is C25H34BrN3O4S. The van der Waals surface area contributed by atoms with E-state index in [4.69, 9.17) is 0 Å². The van der Waals surface area contributed by atoms with Gasteiger partial charge in [-0.2, -0.15) is 0 Å². The average Bonchev–Trinajstić information content (AvgIpc) is 3.36. The van der Waals surface area contributed by atoms with Crippen molar-refractivity contribution in [1.29, 1.82) is 0 Å². The molecule has 1 aromatic rings. The van der Waals surface area contributed by atoms with Gasteiger partial charge in [0, 0.05) is 22.2 Å². The number of carbonyl (C=O) groups is 3. The lowest BCUT2D eigenvalue weighted by molar-refractivity contribution is -0.143. The summed E-state index contributed by atoms with van der Waals surface area (Å²) in [6, 6.07) is 7.86. The highest BCUT2D eigenvalue weighted by Crippen LogP contribution is 2.68. The molecule has 0 aromatic heterocycles. The quantitative estimate of drug-likeness (QED) is 0.452. The number of nitrogens with zero attached hydrogens (tertiary/aromatic N) is 1. The molecule has 7 atom stereocenters. The van der Waals surface area contributed by atoms with E-state index in [-0.39, 0.29) is 34.4 Å². The summed E-state index contributed by atoms with van der Waals surface area (Å²) in [5.74, 6) is -1.71. The maximum atomic E-state index is 14.1. The van der Waals surface area contributed by atoms with E-state index in [2.05, 4.69) is 26.6 Å². The highest BCUT2D eigenvalue weighted by molar-refractivity contribution is 9.09. The van der Waals surface area contributed by atoms with Crippen molar-refractivity contribution in [3.8, 4) is 0 Å². The zero-order valence-corrected chi connectivity index (χ0v) is 22.5. The number of aliphatic hydroxyl groups is 1. The molecule has 4 rings (SSSR count). The number of hydrogen-bond acceptors (Lipinski definition) is 5. The van der Waals surface area contributed by atoms with Gasteiger partial charge in [0.2, 0.25) is 17.7 Å². The van der Waals surface area contributed by atoms with Gasteiger partial charge in [0.1, 0.15) is 6.04 Å². The minimum absolute atomic E-state index is 0.0214. The molecule has 2 bridgehead atoms.